The standard InChI is InChI=1S/C23H36O3/c1-21-10-8-16(24)14-15(21)4-5-17-18-6-7-20(23(3)25-12-13-26-23)22(18,2)11-9-19(17)21/h4,16-20,24H,5-14H2,1-3H3/t16-,17-,18?,19-,20-,21-,22-/m0/s1. The van der Waals surface area contributed by atoms with E-state index in [9.17, 15) is 5.11 Å². The number of hydrogen-bond donors (Lipinski definition) is 1. The summed E-state index contributed by atoms with van der Waals surface area (Å²) < 4.78 is 12.3. The van der Waals surface area contributed by atoms with Gasteiger partial charge in [0.25, 0.3) is 0 Å². The smallest absolute Gasteiger partial charge is 0.169 e. The molecule has 0 radical (unpaired) electrons. The second-order valence-corrected chi connectivity index (χ2v) is 10.5. The highest BCUT2D eigenvalue weighted by Crippen LogP contribution is 2.68. The van der Waals surface area contributed by atoms with E-state index < -0.39 is 0 Å². The van der Waals surface area contributed by atoms with Crippen LogP contribution in [0.15, 0.2) is 11.6 Å². The van der Waals surface area contributed by atoms with Crippen LogP contribution in [0.25, 0.3) is 0 Å². The Morgan fingerprint density at radius 1 is 0.962 bits per heavy atom. The maximum atomic E-state index is 10.2. The quantitative estimate of drug-likeness (QED) is 0.690. The van der Waals surface area contributed by atoms with Crippen molar-refractivity contribution in [1.29, 1.82) is 0 Å². The predicted octanol–water partition coefficient (Wildman–Crippen LogP) is 4.69. The van der Waals surface area contributed by atoms with Crippen molar-refractivity contribution >= 4 is 0 Å². The third-order valence-corrected chi connectivity index (χ3v) is 9.57. The highest BCUT2D eigenvalue weighted by atomic mass is 16.7. The van der Waals surface area contributed by atoms with Gasteiger partial charge in [0.05, 0.1) is 19.3 Å². The zero-order valence-corrected chi connectivity index (χ0v) is 16.8. The molecule has 0 aromatic heterocycles. The van der Waals surface area contributed by atoms with E-state index in [1.54, 1.807) is 5.57 Å². The molecule has 1 N–H and O–H groups in total. The molecule has 3 nitrogen and oxygen atoms in total. The van der Waals surface area contributed by atoms with Gasteiger partial charge in [-0.05, 0) is 86.9 Å². The molecule has 1 aliphatic heterocycles. The van der Waals surface area contributed by atoms with E-state index in [0.29, 0.717) is 16.7 Å². The molecule has 146 valence electrons. The first-order chi connectivity index (χ1) is 12.4. The molecule has 1 heterocycles. The molecule has 0 aromatic carbocycles. The minimum Gasteiger partial charge on any atom is -0.393 e. The Labute approximate surface area is 158 Å². The van der Waals surface area contributed by atoms with Gasteiger partial charge in [0.1, 0.15) is 0 Å². The van der Waals surface area contributed by atoms with E-state index in [2.05, 4.69) is 26.8 Å². The van der Waals surface area contributed by atoms with E-state index in [1.807, 2.05) is 0 Å². The lowest BCUT2D eigenvalue weighted by molar-refractivity contribution is -0.214. The normalized spacial score (nSPS) is 52.8. The Morgan fingerprint density at radius 2 is 1.73 bits per heavy atom. The highest BCUT2D eigenvalue weighted by molar-refractivity contribution is 5.25. The average Bonchev–Trinajstić information content (AvgIpc) is 3.19. The Hall–Kier alpha value is -0.380. The van der Waals surface area contributed by atoms with E-state index in [0.717, 1.165) is 43.8 Å². The molecular formula is C23H36O3. The van der Waals surface area contributed by atoms with Crippen LogP contribution in [0.4, 0.5) is 0 Å². The molecule has 0 bridgehead atoms. The second-order valence-electron chi connectivity index (χ2n) is 10.5. The largest absolute Gasteiger partial charge is 0.393 e. The van der Waals surface area contributed by atoms with Crippen LogP contribution in [0.5, 0.6) is 0 Å². The van der Waals surface area contributed by atoms with Crippen molar-refractivity contribution in [3.05, 3.63) is 11.6 Å². The van der Waals surface area contributed by atoms with Crippen molar-refractivity contribution in [2.75, 3.05) is 13.2 Å². The molecule has 5 rings (SSSR count). The Bertz CT molecular complexity index is 607. The Balaban J connectivity index is 1.45. The minimum absolute atomic E-state index is 0.104. The molecule has 0 spiro atoms. The van der Waals surface area contributed by atoms with Crippen LogP contribution in [0.1, 0.15) is 72.1 Å². The van der Waals surface area contributed by atoms with Crippen LogP contribution in [-0.4, -0.2) is 30.2 Å². The molecular weight excluding hydrogens is 324 g/mol. The molecule has 3 saturated carbocycles. The van der Waals surface area contributed by atoms with Crippen LogP contribution in [0, 0.1) is 34.5 Å². The third-order valence-electron chi connectivity index (χ3n) is 9.57. The van der Waals surface area contributed by atoms with Gasteiger partial charge in [-0.1, -0.05) is 25.5 Å². The number of aliphatic hydroxyl groups is 1. The molecule has 1 saturated heterocycles. The van der Waals surface area contributed by atoms with E-state index >= 15 is 0 Å². The van der Waals surface area contributed by atoms with Crippen molar-refractivity contribution in [2.24, 2.45) is 34.5 Å². The van der Waals surface area contributed by atoms with Crippen molar-refractivity contribution in [2.45, 2.75) is 84.0 Å². The van der Waals surface area contributed by atoms with Crippen molar-refractivity contribution in [1.82, 2.24) is 0 Å². The average molecular weight is 361 g/mol. The van der Waals surface area contributed by atoms with Gasteiger partial charge in [0.15, 0.2) is 5.79 Å². The van der Waals surface area contributed by atoms with Gasteiger partial charge >= 0.3 is 0 Å². The first-order valence-corrected chi connectivity index (χ1v) is 11.0. The summed E-state index contributed by atoms with van der Waals surface area (Å²) in [5, 5.41) is 10.2. The molecule has 0 aromatic rings. The van der Waals surface area contributed by atoms with Crippen molar-refractivity contribution in [3.63, 3.8) is 0 Å². The van der Waals surface area contributed by atoms with Gasteiger partial charge in [-0.2, -0.15) is 0 Å². The summed E-state index contributed by atoms with van der Waals surface area (Å²) in [6.45, 7) is 8.78. The number of allylic oxidation sites excluding steroid dienone is 1. The lowest BCUT2D eigenvalue weighted by atomic mass is 9.47. The summed E-state index contributed by atoms with van der Waals surface area (Å²) in [5.74, 6) is 2.61. The lowest BCUT2D eigenvalue weighted by Crippen LogP contribution is -2.53. The molecule has 0 amide bonds. The van der Waals surface area contributed by atoms with Gasteiger partial charge in [-0.3, -0.25) is 0 Å². The zero-order chi connectivity index (χ0) is 18.2. The summed E-state index contributed by atoms with van der Waals surface area (Å²) in [4.78, 5) is 0. The maximum absolute atomic E-state index is 10.2. The Kier molecular flexibility index (Phi) is 3.96. The van der Waals surface area contributed by atoms with Crippen LogP contribution >= 0.6 is 0 Å². The lowest BCUT2D eigenvalue weighted by Gasteiger charge is -2.58. The first-order valence-electron chi connectivity index (χ1n) is 11.0. The second kappa shape index (κ2) is 5.81. The van der Waals surface area contributed by atoms with Gasteiger partial charge in [0.2, 0.25) is 0 Å². The molecule has 1 unspecified atom stereocenters. The third kappa shape index (κ3) is 2.29. The fourth-order valence-corrected chi connectivity index (χ4v) is 8.23. The molecule has 7 atom stereocenters. The van der Waals surface area contributed by atoms with Gasteiger partial charge in [-0.15, -0.1) is 0 Å². The first kappa shape index (κ1) is 17.7. The molecule has 4 fully saturated rings. The minimum atomic E-state index is -0.356. The van der Waals surface area contributed by atoms with E-state index in [4.69, 9.17) is 9.47 Å². The monoisotopic (exact) mass is 360 g/mol. The van der Waals surface area contributed by atoms with Crippen LogP contribution in [-0.2, 0) is 9.47 Å². The summed E-state index contributed by atoms with van der Waals surface area (Å²) in [6.07, 6.45) is 12.0. The van der Waals surface area contributed by atoms with Gasteiger partial charge in [0, 0.05) is 5.92 Å². The number of hydrogen-bond acceptors (Lipinski definition) is 3. The zero-order valence-electron chi connectivity index (χ0n) is 16.8. The van der Waals surface area contributed by atoms with E-state index in [1.165, 1.54) is 38.5 Å². The molecule has 5 aliphatic rings. The van der Waals surface area contributed by atoms with Crippen LogP contribution in [0.2, 0.25) is 0 Å². The summed E-state index contributed by atoms with van der Waals surface area (Å²) >= 11 is 0. The highest BCUT2D eigenvalue weighted by Gasteiger charge is 2.62. The topological polar surface area (TPSA) is 38.7 Å². The number of fused-ring (bicyclic) bond motifs is 5. The van der Waals surface area contributed by atoms with Crippen LogP contribution < -0.4 is 0 Å². The number of aliphatic hydroxyl groups excluding tert-OH is 1. The number of rotatable bonds is 1. The molecule has 3 heteroatoms. The summed E-state index contributed by atoms with van der Waals surface area (Å²) in [7, 11) is 0. The molecule has 4 aliphatic carbocycles. The molecule has 26 heavy (non-hydrogen) atoms. The summed E-state index contributed by atoms with van der Waals surface area (Å²) in [6, 6.07) is 0. The van der Waals surface area contributed by atoms with Gasteiger partial charge < -0.3 is 14.6 Å². The summed E-state index contributed by atoms with van der Waals surface area (Å²) in [5.41, 5.74) is 2.27. The van der Waals surface area contributed by atoms with Crippen molar-refractivity contribution < 1.29 is 14.6 Å². The fourth-order valence-electron chi connectivity index (χ4n) is 8.23. The van der Waals surface area contributed by atoms with Crippen LogP contribution in [0.3, 0.4) is 0 Å². The number of ether oxygens (including phenoxy) is 2. The van der Waals surface area contributed by atoms with Gasteiger partial charge in [-0.25, -0.2) is 0 Å². The van der Waals surface area contributed by atoms with E-state index in [-0.39, 0.29) is 11.9 Å². The van der Waals surface area contributed by atoms with Crippen molar-refractivity contribution in [3.8, 4) is 0 Å². The SMILES string of the molecule is CC1([C@H]2CCC3[C@@H]4CC=C5C[C@@H](O)CC[C@]5(C)[C@H]4CC[C@@]32C)OCCO1. The predicted molar refractivity (Wildman–Crippen MR) is 102 cm³/mol. The fraction of sp³-hybridized carbons (Fsp3) is 0.913. The Morgan fingerprint density at radius 3 is 2.50 bits per heavy atom. The maximum Gasteiger partial charge on any atom is 0.169 e.